The molecule has 7 nitrogen and oxygen atoms in total. The SMILES string of the molecule is COCCN1CCC[C@@H]1CNC(=O)c1ccc(Cl)cc1[N+](=O)[O-]. The van der Waals surface area contributed by atoms with Crippen LogP contribution in [0, 0.1) is 10.1 Å². The van der Waals surface area contributed by atoms with Gasteiger partial charge in [-0.3, -0.25) is 19.8 Å². The number of halogens is 1. The maximum atomic E-state index is 12.3. The number of amides is 1. The molecule has 0 radical (unpaired) electrons. The molecule has 23 heavy (non-hydrogen) atoms. The number of hydrogen-bond donors (Lipinski definition) is 1. The van der Waals surface area contributed by atoms with Gasteiger partial charge in [0.05, 0.1) is 11.5 Å². The summed E-state index contributed by atoms with van der Waals surface area (Å²) in [5.41, 5.74) is -0.251. The van der Waals surface area contributed by atoms with Gasteiger partial charge < -0.3 is 10.1 Å². The molecule has 1 heterocycles. The van der Waals surface area contributed by atoms with Gasteiger partial charge in [-0.1, -0.05) is 11.6 Å². The van der Waals surface area contributed by atoms with Gasteiger partial charge in [-0.2, -0.15) is 0 Å². The molecule has 0 saturated carbocycles. The number of methoxy groups -OCH3 is 1. The van der Waals surface area contributed by atoms with E-state index in [4.69, 9.17) is 16.3 Å². The van der Waals surface area contributed by atoms with Crippen molar-refractivity contribution in [2.45, 2.75) is 18.9 Å². The summed E-state index contributed by atoms with van der Waals surface area (Å²) in [7, 11) is 1.66. The first-order valence-corrected chi connectivity index (χ1v) is 7.86. The van der Waals surface area contributed by atoms with Crippen molar-refractivity contribution < 1.29 is 14.5 Å². The Morgan fingerprint density at radius 3 is 3.04 bits per heavy atom. The number of nitro benzene ring substituents is 1. The third-order valence-electron chi connectivity index (χ3n) is 3.98. The number of nitrogens with one attached hydrogen (secondary N) is 1. The van der Waals surface area contributed by atoms with Gasteiger partial charge in [0.15, 0.2) is 0 Å². The van der Waals surface area contributed by atoms with Gasteiger partial charge in [0.2, 0.25) is 0 Å². The Labute approximate surface area is 139 Å². The Bertz CT molecular complexity index is 582. The zero-order valence-corrected chi connectivity index (χ0v) is 13.7. The third-order valence-corrected chi connectivity index (χ3v) is 4.22. The molecule has 1 amide bonds. The second-order valence-electron chi connectivity index (χ2n) is 5.45. The third kappa shape index (κ3) is 4.63. The second-order valence-corrected chi connectivity index (χ2v) is 5.89. The normalized spacial score (nSPS) is 18.1. The summed E-state index contributed by atoms with van der Waals surface area (Å²) in [4.78, 5) is 25.0. The molecule has 1 fully saturated rings. The van der Waals surface area contributed by atoms with Gasteiger partial charge in [-0.05, 0) is 31.5 Å². The number of nitro groups is 1. The molecule has 0 unspecified atom stereocenters. The van der Waals surface area contributed by atoms with Crippen LogP contribution in [0.4, 0.5) is 5.69 Å². The summed E-state index contributed by atoms with van der Waals surface area (Å²) in [6.45, 7) is 2.90. The van der Waals surface area contributed by atoms with Gasteiger partial charge >= 0.3 is 0 Å². The van der Waals surface area contributed by atoms with Crippen molar-refractivity contribution >= 4 is 23.2 Å². The van der Waals surface area contributed by atoms with Crippen LogP contribution in [0.2, 0.25) is 5.02 Å². The predicted octanol–water partition coefficient (Wildman–Crippen LogP) is 2.09. The highest BCUT2D eigenvalue weighted by atomic mass is 35.5. The summed E-state index contributed by atoms with van der Waals surface area (Å²) in [5, 5.41) is 14.1. The highest BCUT2D eigenvalue weighted by Gasteiger charge is 2.26. The molecule has 1 atom stereocenters. The molecule has 1 saturated heterocycles. The molecule has 0 bridgehead atoms. The fourth-order valence-corrected chi connectivity index (χ4v) is 2.95. The van der Waals surface area contributed by atoms with Gasteiger partial charge in [0.25, 0.3) is 11.6 Å². The molecule has 1 aromatic carbocycles. The highest BCUT2D eigenvalue weighted by molar-refractivity contribution is 6.31. The minimum atomic E-state index is -0.596. The summed E-state index contributed by atoms with van der Waals surface area (Å²) < 4.78 is 5.08. The van der Waals surface area contributed by atoms with E-state index in [1.165, 1.54) is 18.2 Å². The van der Waals surface area contributed by atoms with Crippen LogP contribution >= 0.6 is 11.6 Å². The van der Waals surface area contributed by atoms with Gasteiger partial charge in [-0.15, -0.1) is 0 Å². The quantitative estimate of drug-likeness (QED) is 0.606. The van der Waals surface area contributed by atoms with Crippen LogP contribution in [-0.2, 0) is 4.74 Å². The lowest BCUT2D eigenvalue weighted by atomic mass is 10.1. The van der Waals surface area contributed by atoms with Crippen molar-refractivity contribution in [3.63, 3.8) is 0 Å². The topological polar surface area (TPSA) is 84.7 Å². The molecular weight excluding hydrogens is 322 g/mol. The first kappa shape index (κ1) is 17.7. The lowest BCUT2D eigenvalue weighted by molar-refractivity contribution is -0.385. The number of carbonyl (C=O) groups is 1. The van der Waals surface area contributed by atoms with E-state index in [-0.39, 0.29) is 22.3 Å². The summed E-state index contributed by atoms with van der Waals surface area (Å²) in [6, 6.07) is 4.29. The van der Waals surface area contributed by atoms with E-state index in [9.17, 15) is 14.9 Å². The molecular formula is C15H20ClN3O4. The minimum absolute atomic E-state index is 0.0286. The lowest BCUT2D eigenvalue weighted by Crippen LogP contribution is -2.41. The first-order chi connectivity index (χ1) is 11.0. The summed E-state index contributed by atoms with van der Waals surface area (Å²) in [6.07, 6.45) is 2.07. The van der Waals surface area contributed by atoms with Crippen molar-refractivity contribution in [3.05, 3.63) is 38.9 Å². The molecule has 0 aliphatic carbocycles. The Kier molecular flexibility index (Phi) is 6.32. The van der Waals surface area contributed by atoms with Crippen molar-refractivity contribution in [1.82, 2.24) is 10.2 Å². The van der Waals surface area contributed by atoms with Crippen LogP contribution in [0.5, 0.6) is 0 Å². The Morgan fingerprint density at radius 1 is 1.57 bits per heavy atom. The first-order valence-electron chi connectivity index (χ1n) is 7.48. The second kappa shape index (κ2) is 8.24. The van der Waals surface area contributed by atoms with E-state index in [1.807, 2.05) is 0 Å². The summed E-state index contributed by atoms with van der Waals surface area (Å²) >= 11 is 5.76. The number of likely N-dealkylation sites (tertiary alicyclic amines) is 1. The molecule has 8 heteroatoms. The largest absolute Gasteiger partial charge is 0.383 e. The maximum absolute atomic E-state index is 12.3. The van der Waals surface area contributed by atoms with Crippen molar-refractivity contribution in [1.29, 1.82) is 0 Å². The van der Waals surface area contributed by atoms with E-state index in [2.05, 4.69) is 10.2 Å². The molecule has 1 N–H and O–H groups in total. The lowest BCUT2D eigenvalue weighted by Gasteiger charge is -2.24. The monoisotopic (exact) mass is 341 g/mol. The Balaban J connectivity index is 1.98. The average molecular weight is 342 g/mol. The van der Waals surface area contributed by atoms with Crippen LogP contribution in [0.3, 0.4) is 0 Å². The molecule has 1 aliphatic heterocycles. The zero-order valence-electron chi connectivity index (χ0n) is 13.0. The van der Waals surface area contributed by atoms with Crippen LogP contribution in [0.1, 0.15) is 23.2 Å². The van der Waals surface area contributed by atoms with E-state index in [0.29, 0.717) is 13.2 Å². The molecule has 1 aliphatic rings. The maximum Gasteiger partial charge on any atom is 0.283 e. The number of carbonyl (C=O) groups excluding carboxylic acids is 1. The van der Waals surface area contributed by atoms with E-state index in [1.54, 1.807) is 7.11 Å². The summed E-state index contributed by atoms with van der Waals surface area (Å²) in [5.74, 6) is -0.452. The number of benzene rings is 1. The molecule has 0 spiro atoms. The van der Waals surface area contributed by atoms with Crippen LogP contribution < -0.4 is 5.32 Å². The number of nitrogens with zero attached hydrogens (tertiary/aromatic N) is 2. The smallest absolute Gasteiger partial charge is 0.283 e. The highest BCUT2D eigenvalue weighted by Crippen LogP contribution is 2.23. The van der Waals surface area contributed by atoms with E-state index >= 15 is 0 Å². The average Bonchev–Trinajstić information content (AvgIpc) is 2.97. The molecule has 126 valence electrons. The Morgan fingerprint density at radius 2 is 2.35 bits per heavy atom. The zero-order chi connectivity index (χ0) is 16.8. The standard InChI is InChI=1S/C15H20ClN3O4/c1-23-8-7-18-6-2-3-12(18)10-17-15(20)13-5-4-11(16)9-14(13)19(21)22/h4-5,9,12H,2-3,6-8,10H2,1H3,(H,17,20)/t12-/m1/s1. The van der Waals surface area contributed by atoms with Crippen LogP contribution in [0.15, 0.2) is 18.2 Å². The molecule has 1 aromatic rings. The molecule has 2 rings (SSSR count). The van der Waals surface area contributed by atoms with E-state index < -0.39 is 10.8 Å². The number of hydrogen-bond acceptors (Lipinski definition) is 5. The van der Waals surface area contributed by atoms with Gasteiger partial charge in [-0.25, -0.2) is 0 Å². The number of ether oxygens (including phenoxy) is 1. The van der Waals surface area contributed by atoms with Crippen molar-refractivity contribution in [2.24, 2.45) is 0 Å². The predicted molar refractivity (Wildman–Crippen MR) is 86.9 cm³/mol. The fourth-order valence-electron chi connectivity index (χ4n) is 2.78. The molecule has 0 aromatic heterocycles. The van der Waals surface area contributed by atoms with Crippen molar-refractivity contribution in [3.8, 4) is 0 Å². The van der Waals surface area contributed by atoms with Crippen molar-refractivity contribution in [2.75, 3.05) is 33.4 Å². The van der Waals surface area contributed by atoms with Crippen LogP contribution in [-0.4, -0.2) is 55.1 Å². The van der Waals surface area contributed by atoms with Gasteiger partial charge in [0.1, 0.15) is 5.56 Å². The number of rotatable bonds is 7. The van der Waals surface area contributed by atoms with E-state index in [0.717, 1.165) is 25.9 Å². The van der Waals surface area contributed by atoms with Gasteiger partial charge in [0, 0.05) is 37.3 Å². The van der Waals surface area contributed by atoms with Crippen LogP contribution in [0.25, 0.3) is 0 Å². The Hall–Kier alpha value is -1.70. The fraction of sp³-hybridized carbons (Fsp3) is 0.533. The minimum Gasteiger partial charge on any atom is -0.383 e.